The van der Waals surface area contributed by atoms with Gasteiger partial charge >= 0.3 is 0 Å². The molecule has 2 aromatic heterocycles. The zero-order chi connectivity index (χ0) is 21.2. The van der Waals surface area contributed by atoms with Gasteiger partial charge < -0.3 is 14.8 Å². The Morgan fingerprint density at radius 2 is 1.90 bits per heavy atom. The summed E-state index contributed by atoms with van der Waals surface area (Å²) >= 11 is 0. The molecule has 1 aliphatic rings. The molecule has 31 heavy (non-hydrogen) atoms. The molecule has 154 valence electrons. The SMILES string of the molecule is O=C(NCC1Cn2cccc2C(=O)N1Cc1ccccc1)c1ccc2ncccc2c1. The summed E-state index contributed by atoms with van der Waals surface area (Å²) in [6.45, 7) is 1.52. The third-order valence-electron chi connectivity index (χ3n) is 5.72. The highest BCUT2D eigenvalue weighted by Crippen LogP contribution is 2.21. The van der Waals surface area contributed by atoms with Gasteiger partial charge in [0.05, 0.1) is 11.6 Å². The topological polar surface area (TPSA) is 67.2 Å². The molecular formula is C25H22N4O2. The summed E-state index contributed by atoms with van der Waals surface area (Å²) in [4.78, 5) is 32.1. The number of carbonyl (C=O) groups is 2. The first-order chi connectivity index (χ1) is 15.2. The molecule has 0 bridgehead atoms. The van der Waals surface area contributed by atoms with Crippen LogP contribution < -0.4 is 5.32 Å². The second-order valence-corrected chi connectivity index (χ2v) is 7.74. The van der Waals surface area contributed by atoms with E-state index in [1.54, 1.807) is 12.3 Å². The average molecular weight is 410 g/mol. The molecule has 0 spiro atoms. The Morgan fingerprint density at radius 1 is 1.03 bits per heavy atom. The first-order valence-electron chi connectivity index (χ1n) is 10.3. The average Bonchev–Trinajstić information content (AvgIpc) is 3.29. The van der Waals surface area contributed by atoms with Crippen molar-refractivity contribution in [3.63, 3.8) is 0 Å². The largest absolute Gasteiger partial charge is 0.350 e. The molecule has 0 radical (unpaired) electrons. The van der Waals surface area contributed by atoms with E-state index < -0.39 is 0 Å². The van der Waals surface area contributed by atoms with E-state index in [1.807, 2.05) is 82.4 Å². The molecule has 0 fully saturated rings. The third kappa shape index (κ3) is 3.80. The number of nitrogens with one attached hydrogen (secondary N) is 1. The van der Waals surface area contributed by atoms with E-state index in [0.29, 0.717) is 30.9 Å². The van der Waals surface area contributed by atoms with Crippen LogP contribution in [0.5, 0.6) is 0 Å². The van der Waals surface area contributed by atoms with Crippen LogP contribution in [0.25, 0.3) is 10.9 Å². The van der Waals surface area contributed by atoms with Crippen LogP contribution in [0.15, 0.2) is 85.2 Å². The van der Waals surface area contributed by atoms with E-state index in [1.165, 1.54) is 0 Å². The number of carbonyl (C=O) groups excluding carboxylic acids is 2. The van der Waals surface area contributed by atoms with Crippen LogP contribution in [0.4, 0.5) is 0 Å². The number of pyridine rings is 1. The molecule has 0 aliphatic carbocycles. The van der Waals surface area contributed by atoms with E-state index in [2.05, 4.69) is 10.3 Å². The number of benzene rings is 2. The maximum atomic E-state index is 13.1. The maximum absolute atomic E-state index is 13.1. The smallest absolute Gasteiger partial charge is 0.271 e. The van der Waals surface area contributed by atoms with Crippen LogP contribution in [0, 0.1) is 0 Å². The Balaban J connectivity index is 1.35. The molecule has 1 unspecified atom stereocenters. The standard InChI is InChI=1S/C25H22N4O2/c30-24(20-10-11-22-19(14-20)8-4-12-26-22)27-15-21-17-28-13-5-9-23(28)25(31)29(21)16-18-6-2-1-3-7-18/h1-14,21H,15-17H2,(H,27,30). The van der Waals surface area contributed by atoms with E-state index >= 15 is 0 Å². The number of aromatic nitrogens is 2. The van der Waals surface area contributed by atoms with Gasteiger partial charge in [0.25, 0.3) is 11.8 Å². The first kappa shape index (κ1) is 19.1. The normalized spacial score (nSPS) is 15.7. The van der Waals surface area contributed by atoms with Crippen molar-refractivity contribution in [3.8, 4) is 0 Å². The predicted octanol–water partition coefficient (Wildman–Crippen LogP) is 3.49. The van der Waals surface area contributed by atoms with Crippen LogP contribution in [-0.4, -0.2) is 38.9 Å². The van der Waals surface area contributed by atoms with Crippen molar-refractivity contribution < 1.29 is 9.59 Å². The van der Waals surface area contributed by atoms with Gasteiger partial charge in [-0.3, -0.25) is 14.6 Å². The van der Waals surface area contributed by atoms with Gasteiger partial charge in [0, 0.05) is 43.0 Å². The van der Waals surface area contributed by atoms with Gasteiger partial charge in [-0.2, -0.15) is 0 Å². The number of hydrogen-bond donors (Lipinski definition) is 1. The molecule has 2 aromatic carbocycles. The van der Waals surface area contributed by atoms with Gasteiger partial charge in [0.1, 0.15) is 5.69 Å². The zero-order valence-electron chi connectivity index (χ0n) is 16.9. The van der Waals surface area contributed by atoms with Crippen LogP contribution in [-0.2, 0) is 13.1 Å². The van der Waals surface area contributed by atoms with Crippen LogP contribution in [0.2, 0.25) is 0 Å². The highest BCUT2D eigenvalue weighted by atomic mass is 16.2. The predicted molar refractivity (Wildman–Crippen MR) is 119 cm³/mol. The van der Waals surface area contributed by atoms with Gasteiger partial charge in [-0.15, -0.1) is 0 Å². The van der Waals surface area contributed by atoms with E-state index in [0.717, 1.165) is 16.5 Å². The lowest BCUT2D eigenvalue weighted by Crippen LogP contribution is -2.52. The summed E-state index contributed by atoms with van der Waals surface area (Å²) in [6.07, 6.45) is 3.65. The van der Waals surface area contributed by atoms with Gasteiger partial charge in [0.2, 0.25) is 0 Å². The van der Waals surface area contributed by atoms with Gasteiger partial charge in [-0.25, -0.2) is 0 Å². The summed E-state index contributed by atoms with van der Waals surface area (Å²) in [5, 5.41) is 3.95. The van der Waals surface area contributed by atoms with Gasteiger partial charge in [-0.05, 0) is 42.0 Å². The number of nitrogens with zero attached hydrogens (tertiary/aromatic N) is 3. The van der Waals surface area contributed by atoms with Crippen molar-refractivity contribution in [1.29, 1.82) is 0 Å². The van der Waals surface area contributed by atoms with E-state index in [4.69, 9.17) is 0 Å². The fourth-order valence-electron chi connectivity index (χ4n) is 4.09. The second kappa shape index (κ2) is 8.07. The van der Waals surface area contributed by atoms with Crippen molar-refractivity contribution in [2.45, 2.75) is 19.1 Å². The number of rotatable bonds is 5. The molecule has 4 aromatic rings. The van der Waals surface area contributed by atoms with Crippen molar-refractivity contribution in [3.05, 3.63) is 102 Å². The number of hydrogen-bond acceptors (Lipinski definition) is 3. The summed E-state index contributed by atoms with van der Waals surface area (Å²) in [5.74, 6) is -0.174. The minimum absolute atomic E-state index is 0.0175. The Morgan fingerprint density at radius 3 is 2.77 bits per heavy atom. The van der Waals surface area contributed by atoms with Crippen LogP contribution >= 0.6 is 0 Å². The molecular weight excluding hydrogens is 388 g/mol. The lowest BCUT2D eigenvalue weighted by atomic mass is 10.1. The molecule has 1 atom stereocenters. The van der Waals surface area contributed by atoms with Crippen molar-refractivity contribution >= 4 is 22.7 Å². The Labute approximate surface area is 180 Å². The quantitative estimate of drug-likeness (QED) is 0.548. The molecule has 6 heteroatoms. The van der Waals surface area contributed by atoms with Crippen molar-refractivity contribution in [2.75, 3.05) is 6.54 Å². The summed E-state index contributed by atoms with van der Waals surface area (Å²) in [5.41, 5.74) is 3.18. The lowest BCUT2D eigenvalue weighted by molar-refractivity contribution is 0.0563. The van der Waals surface area contributed by atoms with Gasteiger partial charge in [0.15, 0.2) is 0 Å². The highest BCUT2D eigenvalue weighted by Gasteiger charge is 2.32. The van der Waals surface area contributed by atoms with Crippen molar-refractivity contribution in [1.82, 2.24) is 19.8 Å². The molecule has 1 aliphatic heterocycles. The Bertz CT molecular complexity index is 1250. The van der Waals surface area contributed by atoms with E-state index in [-0.39, 0.29) is 17.9 Å². The molecule has 6 nitrogen and oxygen atoms in total. The Kier molecular flexibility index (Phi) is 4.96. The summed E-state index contributed by atoms with van der Waals surface area (Å²) in [7, 11) is 0. The summed E-state index contributed by atoms with van der Waals surface area (Å²) < 4.78 is 1.96. The molecule has 0 saturated carbocycles. The molecule has 5 rings (SSSR count). The minimum Gasteiger partial charge on any atom is -0.350 e. The molecule has 0 saturated heterocycles. The van der Waals surface area contributed by atoms with Crippen molar-refractivity contribution in [2.24, 2.45) is 0 Å². The second-order valence-electron chi connectivity index (χ2n) is 7.74. The van der Waals surface area contributed by atoms with Crippen LogP contribution in [0.1, 0.15) is 26.4 Å². The first-order valence-corrected chi connectivity index (χ1v) is 10.3. The monoisotopic (exact) mass is 410 g/mol. The highest BCUT2D eigenvalue weighted by molar-refractivity contribution is 5.98. The Hall–Kier alpha value is -3.93. The molecule has 1 N–H and O–H groups in total. The van der Waals surface area contributed by atoms with Gasteiger partial charge in [-0.1, -0.05) is 36.4 Å². The maximum Gasteiger partial charge on any atom is 0.271 e. The number of fused-ring (bicyclic) bond motifs is 2. The van der Waals surface area contributed by atoms with Crippen LogP contribution in [0.3, 0.4) is 0 Å². The third-order valence-corrected chi connectivity index (χ3v) is 5.72. The fourth-order valence-corrected chi connectivity index (χ4v) is 4.09. The summed E-state index contributed by atoms with van der Waals surface area (Å²) in [6, 6.07) is 22.8. The fraction of sp³-hybridized carbons (Fsp3) is 0.160. The molecule has 3 heterocycles. The lowest BCUT2D eigenvalue weighted by Gasteiger charge is -2.37. The van der Waals surface area contributed by atoms with E-state index in [9.17, 15) is 9.59 Å². The molecule has 2 amide bonds. The minimum atomic E-state index is -0.156. The number of amides is 2. The zero-order valence-corrected chi connectivity index (χ0v) is 16.9.